The Morgan fingerprint density at radius 1 is 1.38 bits per heavy atom. The molecule has 0 radical (unpaired) electrons. The highest BCUT2D eigenvalue weighted by Gasteiger charge is 2.59. The summed E-state index contributed by atoms with van der Waals surface area (Å²) in [5.74, 6) is 2.18. The zero-order valence-electron chi connectivity index (χ0n) is 11.5. The summed E-state index contributed by atoms with van der Waals surface area (Å²) >= 11 is 1.95. The molecular formula is C14H27NS. The molecule has 94 valence electrons. The topological polar surface area (TPSA) is 12.0 Å². The summed E-state index contributed by atoms with van der Waals surface area (Å²) in [7, 11) is 0. The van der Waals surface area contributed by atoms with E-state index in [1.54, 1.807) is 0 Å². The van der Waals surface area contributed by atoms with Crippen LogP contribution in [0.25, 0.3) is 0 Å². The Hall–Kier alpha value is 0.310. The summed E-state index contributed by atoms with van der Waals surface area (Å²) in [6, 6.07) is 1.37. The highest BCUT2D eigenvalue weighted by Crippen LogP contribution is 2.62. The van der Waals surface area contributed by atoms with Crippen LogP contribution in [-0.2, 0) is 0 Å². The summed E-state index contributed by atoms with van der Waals surface area (Å²) in [5.41, 5.74) is 1.07. The summed E-state index contributed by atoms with van der Waals surface area (Å²) in [4.78, 5) is 0. The van der Waals surface area contributed by atoms with Crippen LogP contribution in [0.3, 0.4) is 0 Å². The maximum Gasteiger partial charge on any atom is 0.0178 e. The lowest BCUT2D eigenvalue weighted by atomic mass is 9.68. The fourth-order valence-corrected chi connectivity index (χ4v) is 4.90. The Labute approximate surface area is 105 Å². The van der Waals surface area contributed by atoms with E-state index in [9.17, 15) is 0 Å². The van der Waals surface area contributed by atoms with Gasteiger partial charge in [0.2, 0.25) is 0 Å². The number of hydrogen-bond acceptors (Lipinski definition) is 2. The first-order valence-corrected chi connectivity index (χ1v) is 8.04. The van der Waals surface area contributed by atoms with E-state index >= 15 is 0 Å². The van der Waals surface area contributed by atoms with Crippen molar-refractivity contribution in [3.05, 3.63) is 0 Å². The van der Waals surface area contributed by atoms with Crippen molar-refractivity contribution in [2.24, 2.45) is 16.7 Å². The first-order chi connectivity index (χ1) is 7.40. The molecule has 2 unspecified atom stereocenters. The molecule has 1 N–H and O–H groups in total. The van der Waals surface area contributed by atoms with Gasteiger partial charge >= 0.3 is 0 Å². The Morgan fingerprint density at radius 3 is 2.56 bits per heavy atom. The Morgan fingerprint density at radius 2 is 2.06 bits per heavy atom. The van der Waals surface area contributed by atoms with Crippen molar-refractivity contribution < 1.29 is 0 Å². The first-order valence-electron chi connectivity index (χ1n) is 6.65. The summed E-state index contributed by atoms with van der Waals surface area (Å²) in [6.45, 7) is 9.80. The van der Waals surface area contributed by atoms with E-state index in [-0.39, 0.29) is 0 Å². The summed E-state index contributed by atoms with van der Waals surface area (Å²) in [5, 5.41) is 3.92. The highest BCUT2D eigenvalue weighted by atomic mass is 32.2. The molecule has 2 fully saturated rings. The summed E-state index contributed by atoms with van der Waals surface area (Å²) in [6.07, 6.45) is 6.54. The van der Waals surface area contributed by atoms with E-state index in [0.29, 0.717) is 16.9 Å². The molecule has 0 aromatic rings. The van der Waals surface area contributed by atoms with Crippen molar-refractivity contribution in [2.45, 2.75) is 59.0 Å². The fourth-order valence-electron chi connectivity index (χ4n) is 4.30. The number of hydrogen-bond donors (Lipinski definition) is 1. The number of rotatable bonds is 4. The van der Waals surface area contributed by atoms with Crippen LogP contribution in [0.4, 0.5) is 0 Å². The van der Waals surface area contributed by atoms with Crippen molar-refractivity contribution in [1.29, 1.82) is 0 Å². The van der Waals surface area contributed by atoms with E-state index in [4.69, 9.17) is 0 Å². The van der Waals surface area contributed by atoms with E-state index in [1.165, 1.54) is 25.0 Å². The molecule has 1 nitrogen and oxygen atoms in total. The highest BCUT2D eigenvalue weighted by molar-refractivity contribution is 7.98. The van der Waals surface area contributed by atoms with Crippen LogP contribution in [0.2, 0.25) is 0 Å². The molecular weight excluding hydrogens is 214 g/mol. The van der Waals surface area contributed by atoms with Gasteiger partial charge in [-0.1, -0.05) is 20.8 Å². The van der Waals surface area contributed by atoms with Crippen LogP contribution in [0.5, 0.6) is 0 Å². The molecule has 4 atom stereocenters. The van der Waals surface area contributed by atoms with Gasteiger partial charge < -0.3 is 5.32 Å². The monoisotopic (exact) mass is 241 g/mol. The number of fused-ring (bicyclic) bond motifs is 2. The maximum absolute atomic E-state index is 3.92. The van der Waals surface area contributed by atoms with Crippen LogP contribution in [0, 0.1) is 16.7 Å². The van der Waals surface area contributed by atoms with Gasteiger partial charge in [-0.25, -0.2) is 0 Å². The molecule has 2 rings (SSSR count). The average molecular weight is 241 g/mol. The second-order valence-corrected chi connectivity index (χ2v) is 7.78. The molecule has 0 amide bonds. The van der Waals surface area contributed by atoms with Gasteiger partial charge in [0.05, 0.1) is 0 Å². The van der Waals surface area contributed by atoms with Crippen molar-refractivity contribution in [2.75, 3.05) is 12.0 Å². The second-order valence-electron chi connectivity index (χ2n) is 6.87. The third-order valence-corrected chi connectivity index (χ3v) is 5.97. The maximum atomic E-state index is 3.92. The lowest BCUT2D eigenvalue weighted by Crippen LogP contribution is -2.53. The van der Waals surface area contributed by atoms with Crippen molar-refractivity contribution in [1.82, 2.24) is 5.32 Å². The largest absolute Gasteiger partial charge is 0.310 e. The molecule has 0 aromatic heterocycles. The number of nitrogens with one attached hydrogen (secondary N) is 1. The quantitative estimate of drug-likeness (QED) is 0.808. The number of thioether (sulfide) groups is 1. The molecule has 0 saturated heterocycles. The van der Waals surface area contributed by atoms with Gasteiger partial charge in [0.25, 0.3) is 0 Å². The predicted molar refractivity (Wildman–Crippen MR) is 74.0 cm³/mol. The minimum Gasteiger partial charge on any atom is -0.310 e. The minimum atomic E-state index is 0.500. The smallest absolute Gasteiger partial charge is 0.0178 e. The van der Waals surface area contributed by atoms with Crippen LogP contribution >= 0.6 is 11.8 Å². The van der Waals surface area contributed by atoms with Gasteiger partial charge in [-0.2, -0.15) is 11.8 Å². The van der Waals surface area contributed by atoms with Gasteiger partial charge in [-0.15, -0.1) is 0 Å². The van der Waals surface area contributed by atoms with Crippen LogP contribution < -0.4 is 5.32 Å². The Kier molecular flexibility index (Phi) is 3.35. The van der Waals surface area contributed by atoms with Gasteiger partial charge in [0.1, 0.15) is 0 Å². The van der Waals surface area contributed by atoms with Crippen molar-refractivity contribution in [3.63, 3.8) is 0 Å². The summed E-state index contributed by atoms with van der Waals surface area (Å²) < 4.78 is 0. The zero-order valence-corrected chi connectivity index (χ0v) is 12.3. The first kappa shape index (κ1) is 12.8. The second kappa shape index (κ2) is 4.20. The molecule has 0 aliphatic heterocycles. The Bertz CT molecular complexity index is 259. The molecule has 16 heavy (non-hydrogen) atoms. The van der Waals surface area contributed by atoms with Crippen LogP contribution in [0.1, 0.15) is 47.0 Å². The molecule has 0 spiro atoms. The van der Waals surface area contributed by atoms with Crippen molar-refractivity contribution in [3.8, 4) is 0 Å². The van der Waals surface area contributed by atoms with Gasteiger partial charge in [0.15, 0.2) is 0 Å². The van der Waals surface area contributed by atoms with Gasteiger partial charge in [-0.3, -0.25) is 0 Å². The lowest BCUT2D eigenvalue weighted by Gasteiger charge is -2.44. The minimum absolute atomic E-state index is 0.500. The SMILES string of the molecule is CSCC(C)NC1C(C)(C)[C@H]2CC[C@]1(C)C2. The van der Waals surface area contributed by atoms with E-state index < -0.39 is 0 Å². The predicted octanol–water partition coefficient (Wildman–Crippen LogP) is 3.54. The van der Waals surface area contributed by atoms with Gasteiger partial charge in [0, 0.05) is 17.8 Å². The molecule has 2 saturated carbocycles. The van der Waals surface area contributed by atoms with E-state index in [2.05, 4.69) is 39.3 Å². The average Bonchev–Trinajstić information content (AvgIpc) is 2.64. The lowest BCUT2D eigenvalue weighted by molar-refractivity contribution is 0.103. The molecule has 0 aromatic carbocycles. The standard InChI is InChI=1S/C14H27NS/c1-10(9-16-5)15-12-13(2,3)11-6-7-14(12,4)8-11/h10-12,15H,6-9H2,1-5H3/t10?,11-,12?,14+/m0/s1. The zero-order chi connectivity index (χ0) is 12.0. The molecule has 2 aliphatic rings. The molecule has 2 heteroatoms. The molecule has 2 aliphatic carbocycles. The third kappa shape index (κ3) is 1.92. The normalized spacial score (nSPS) is 42.6. The van der Waals surface area contributed by atoms with E-state index in [1.807, 2.05) is 11.8 Å². The van der Waals surface area contributed by atoms with E-state index in [0.717, 1.165) is 12.0 Å². The van der Waals surface area contributed by atoms with Crippen LogP contribution in [-0.4, -0.2) is 24.1 Å². The fraction of sp³-hybridized carbons (Fsp3) is 1.00. The molecule has 2 bridgehead atoms. The Balaban J connectivity index is 2.08. The molecule has 0 heterocycles. The third-order valence-electron chi connectivity index (χ3n) is 5.14. The van der Waals surface area contributed by atoms with Crippen LogP contribution in [0.15, 0.2) is 0 Å². The van der Waals surface area contributed by atoms with Gasteiger partial charge in [-0.05, 0) is 49.2 Å². The van der Waals surface area contributed by atoms with Crippen molar-refractivity contribution >= 4 is 11.8 Å².